The van der Waals surface area contributed by atoms with Crippen LogP contribution in [0.15, 0.2) is 79.0 Å². The van der Waals surface area contributed by atoms with Crippen molar-refractivity contribution in [3.63, 3.8) is 0 Å². The Labute approximate surface area is 236 Å². The van der Waals surface area contributed by atoms with Gasteiger partial charge in [0.1, 0.15) is 17.1 Å². The monoisotopic (exact) mass is 681 g/mol. The summed E-state index contributed by atoms with van der Waals surface area (Å²) < 4.78 is 8.32. The molecule has 5 nitrogen and oxygen atoms in total. The van der Waals surface area contributed by atoms with Gasteiger partial charge in [-0.2, -0.15) is 6.07 Å². The van der Waals surface area contributed by atoms with Crippen LogP contribution in [-0.2, 0) is 21.1 Å². The molecule has 0 spiro atoms. The number of aromatic nitrogens is 3. The first kappa shape index (κ1) is 25.9. The molecule has 6 aromatic rings. The second-order valence-electron chi connectivity index (χ2n) is 10.0. The van der Waals surface area contributed by atoms with Crippen LogP contribution in [0.3, 0.4) is 0 Å². The van der Waals surface area contributed by atoms with E-state index in [1.165, 1.54) is 5.56 Å². The molecule has 3 aromatic heterocycles. The Bertz CT molecular complexity index is 1790. The van der Waals surface area contributed by atoms with Crippen LogP contribution >= 0.6 is 0 Å². The first-order chi connectivity index (χ1) is 17.9. The van der Waals surface area contributed by atoms with Gasteiger partial charge in [-0.15, -0.1) is 17.5 Å². The molecule has 3 aromatic carbocycles. The zero-order chi connectivity index (χ0) is 25.7. The number of phenolic OH excluding ortho intramolecular Hbond substituents is 1. The van der Waals surface area contributed by atoms with Crippen LogP contribution in [0.1, 0.15) is 50.7 Å². The fraction of sp³-hybridized carbons (Fsp3) is 0.188. The molecule has 3 heterocycles. The van der Waals surface area contributed by atoms with Crippen LogP contribution in [0.25, 0.3) is 38.5 Å². The molecule has 0 aliphatic rings. The van der Waals surface area contributed by atoms with Crippen molar-refractivity contribution in [3.8, 4) is 23.2 Å². The average molecular weight is 682 g/mol. The summed E-state index contributed by atoms with van der Waals surface area (Å²) in [5.41, 5.74) is 4.85. The largest absolute Gasteiger partial charge is 0.506 e. The Morgan fingerprint density at radius 3 is 2.42 bits per heavy atom. The maximum Gasteiger partial charge on any atom is 0.217 e. The molecule has 6 heteroatoms. The fourth-order valence-corrected chi connectivity index (χ4v) is 4.97. The van der Waals surface area contributed by atoms with Crippen molar-refractivity contribution in [2.24, 2.45) is 0 Å². The van der Waals surface area contributed by atoms with E-state index in [4.69, 9.17) is 9.72 Å². The molecule has 0 saturated carbocycles. The number of pyridine rings is 2. The average Bonchev–Trinajstić information content (AvgIpc) is 3.22. The van der Waals surface area contributed by atoms with Crippen molar-refractivity contribution in [1.82, 2.24) is 14.5 Å². The summed E-state index contributed by atoms with van der Waals surface area (Å²) in [4.78, 5) is 9.34. The quantitative estimate of drug-likeness (QED) is 0.186. The molecule has 0 aliphatic carbocycles. The van der Waals surface area contributed by atoms with Gasteiger partial charge in [-0.05, 0) is 58.7 Å². The molecule has 0 saturated heterocycles. The topological polar surface area (TPSA) is 60.2 Å². The molecule has 38 heavy (non-hydrogen) atoms. The molecule has 0 atom stereocenters. The van der Waals surface area contributed by atoms with Gasteiger partial charge in [0.05, 0.1) is 0 Å². The summed E-state index contributed by atoms with van der Waals surface area (Å²) in [7, 11) is 0. The van der Waals surface area contributed by atoms with Crippen LogP contribution in [0.5, 0.6) is 17.4 Å². The van der Waals surface area contributed by atoms with Gasteiger partial charge >= 0.3 is 0 Å². The minimum absolute atomic E-state index is 0. The van der Waals surface area contributed by atoms with Gasteiger partial charge in [-0.3, -0.25) is 0 Å². The number of fused-ring (bicyclic) bond motifs is 4. The standard InChI is InChI=1S/C32H28N3O2.Pt/c1-19(2)21-15-16-33-30(17-21)35-27-8-6-5-7-24(27)25-10-9-22(18-28(25)35)37-31-14-12-26-23(20(3)4)11-13-29(36)32(26)34-31;/h5-17,19-20,36H,1-4H3;/q-1;. The smallest absolute Gasteiger partial charge is 0.217 e. The summed E-state index contributed by atoms with van der Waals surface area (Å²) in [6.07, 6.45) is 1.86. The normalized spacial score (nSPS) is 11.5. The number of benzene rings is 3. The van der Waals surface area contributed by atoms with Crippen molar-refractivity contribution in [1.29, 1.82) is 0 Å². The maximum atomic E-state index is 10.5. The molecular formula is C32H28N3O2Pt-. The molecule has 0 bridgehead atoms. The van der Waals surface area contributed by atoms with E-state index in [9.17, 15) is 5.11 Å². The molecule has 0 aliphatic heterocycles. The minimum Gasteiger partial charge on any atom is -0.506 e. The molecule has 0 fully saturated rings. The maximum absolute atomic E-state index is 10.5. The molecule has 1 N–H and O–H groups in total. The Morgan fingerprint density at radius 2 is 1.63 bits per heavy atom. The SMILES string of the molecule is CC(C)c1ccnc(-n2c3[c-]c(Oc4ccc5c(C(C)C)ccc(O)c5n4)ccc3c3ccccc32)c1.[Pt]. The predicted octanol–water partition coefficient (Wildman–Crippen LogP) is 8.27. The van der Waals surface area contributed by atoms with Crippen LogP contribution in [0, 0.1) is 6.07 Å². The summed E-state index contributed by atoms with van der Waals surface area (Å²) in [5, 5.41) is 13.6. The summed E-state index contributed by atoms with van der Waals surface area (Å²) >= 11 is 0. The number of rotatable bonds is 5. The number of aromatic hydroxyl groups is 1. The van der Waals surface area contributed by atoms with Crippen molar-refractivity contribution >= 4 is 32.7 Å². The van der Waals surface area contributed by atoms with E-state index in [1.807, 2.05) is 42.6 Å². The number of para-hydroxylation sites is 1. The third-order valence-corrected chi connectivity index (χ3v) is 6.90. The predicted molar refractivity (Wildman–Crippen MR) is 149 cm³/mol. The third kappa shape index (κ3) is 4.46. The van der Waals surface area contributed by atoms with Crippen LogP contribution < -0.4 is 4.74 Å². The molecule has 194 valence electrons. The zero-order valence-corrected chi connectivity index (χ0v) is 23.9. The molecular weight excluding hydrogens is 653 g/mol. The number of hydrogen-bond acceptors (Lipinski definition) is 4. The van der Waals surface area contributed by atoms with Gasteiger partial charge in [0.2, 0.25) is 5.88 Å². The Balaban J connectivity index is 0.00000294. The summed E-state index contributed by atoms with van der Waals surface area (Å²) in [6.45, 7) is 8.62. The van der Waals surface area contributed by atoms with Gasteiger partial charge in [0, 0.05) is 50.0 Å². The first-order valence-electron chi connectivity index (χ1n) is 12.6. The number of nitrogens with zero attached hydrogens (tertiary/aromatic N) is 3. The van der Waals surface area contributed by atoms with Crippen molar-refractivity contribution in [3.05, 3.63) is 96.2 Å². The second-order valence-corrected chi connectivity index (χ2v) is 10.0. The van der Waals surface area contributed by atoms with Gasteiger partial charge in [0.25, 0.3) is 0 Å². The zero-order valence-electron chi connectivity index (χ0n) is 21.7. The minimum atomic E-state index is 0. The van der Waals surface area contributed by atoms with Gasteiger partial charge in [-0.1, -0.05) is 57.5 Å². The Kier molecular flexibility index (Phi) is 6.98. The van der Waals surface area contributed by atoms with E-state index in [0.29, 0.717) is 29.0 Å². The van der Waals surface area contributed by atoms with E-state index in [0.717, 1.165) is 38.6 Å². The van der Waals surface area contributed by atoms with Crippen molar-refractivity contribution in [2.75, 3.05) is 0 Å². The van der Waals surface area contributed by atoms with E-state index in [-0.39, 0.29) is 26.8 Å². The Morgan fingerprint density at radius 1 is 0.842 bits per heavy atom. The van der Waals surface area contributed by atoms with Gasteiger partial charge in [-0.25, -0.2) is 9.97 Å². The van der Waals surface area contributed by atoms with Gasteiger partial charge in [0.15, 0.2) is 0 Å². The first-order valence-corrected chi connectivity index (χ1v) is 12.6. The van der Waals surface area contributed by atoms with Crippen LogP contribution in [0.4, 0.5) is 0 Å². The molecule has 0 radical (unpaired) electrons. The second kappa shape index (κ2) is 10.2. The third-order valence-electron chi connectivity index (χ3n) is 6.90. The molecule has 0 amide bonds. The Hall–Kier alpha value is -3.69. The number of ether oxygens (including phenoxy) is 1. The summed E-state index contributed by atoms with van der Waals surface area (Å²) in [5.74, 6) is 2.65. The summed E-state index contributed by atoms with van der Waals surface area (Å²) in [6, 6.07) is 27.4. The number of phenols is 1. The molecule has 0 unspecified atom stereocenters. The van der Waals surface area contributed by atoms with E-state index in [2.05, 4.69) is 73.6 Å². The van der Waals surface area contributed by atoms with E-state index >= 15 is 0 Å². The molecule has 6 rings (SSSR count). The van der Waals surface area contributed by atoms with Crippen molar-refractivity contribution in [2.45, 2.75) is 39.5 Å². The van der Waals surface area contributed by atoms with Crippen LogP contribution in [0.2, 0.25) is 0 Å². The van der Waals surface area contributed by atoms with E-state index < -0.39 is 0 Å². The van der Waals surface area contributed by atoms with E-state index in [1.54, 1.807) is 6.07 Å². The van der Waals surface area contributed by atoms with Crippen LogP contribution in [-0.4, -0.2) is 19.6 Å². The van der Waals surface area contributed by atoms with Gasteiger partial charge < -0.3 is 14.4 Å². The van der Waals surface area contributed by atoms with Crippen molar-refractivity contribution < 1.29 is 30.9 Å². The fourth-order valence-electron chi connectivity index (χ4n) is 4.97. The number of hydrogen-bond donors (Lipinski definition) is 1.